The summed E-state index contributed by atoms with van der Waals surface area (Å²) in [7, 11) is -4.07. The van der Waals surface area contributed by atoms with Gasteiger partial charge in [0, 0.05) is 25.2 Å². The molecule has 0 saturated carbocycles. The van der Waals surface area contributed by atoms with Crippen LogP contribution in [-0.2, 0) is 10.0 Å². The van der Waals surface area contributed by atoms with Crippen LogP contribution in [0.5, 0.6) is 0 Å². The first kappa shape index (κ1) is 16.3. The van der Waals surface area contributed by atoms with Gasteiger partial charge in [-0.05, 0) is 28.8 Å². The summed E-state index contributed by atoms with van der Waals surface area (Å²) in [5, 5.41) is 10.8. The second-order valence-corrected chi connectivity index (χ2v) is 7.58. The Morgan fingerprint density at radius 2 is 1.76 bits per heavy atom. The second-order valence-electron chi connectivity index (χ2n) is 4.82. The van der Waals surface area contributed by atoms with Gasteiger partial charge in [-0.2, -0.15) is 4.31 Å². The lowest BCUT2D eigenvalue weighted by atomic mass is 10.2. The van der Waals surface area contributed by atoms with E-state index in [2.05, 4.69) is 15.9 Å². The maximum atomic E-state index is 14.1. The summed E-state index contributed by atoms with van der Waals surface area (Å²) in [5.41, 5.74) is -0.461. The summed E-state index contributed by atoms with van der Waals surface area (Å²) in [6.45, 7) is 0.615. The number of hydrogen-bond acceptors (Lipinski definition) is 4. The van der Waals surface area contributed by atoms with Gasteiger partial charge in [0.15, 0.2) is 5.82 Å². The molecule has 0 spiro atoms. The van der Waals surface area contributed by atoms with Gasteiger partial charge in [-0.1, -0.05) is 12.8 Å². The molecule has 1 fully saturated rings. The monoisotopic (exact) mass is 380 g/mol. The van der Waals surface area contributed by atoms with Crippen molar-refractivity contribution >= 4 is 31.6 Å². The molecule has 116 valence electrons. The standard InChI is InChI=1S/C12H14BrFN2O4S/c13-10-7-9(16(17)18)8-11(12(10)14)21(19,20)15-5-3-1-2-4-6-15/h7-8H,1-6H2. The molecule has 0 N–H and O–H groups in total. The molecule has 1 saturated heterocycles. The van der Waals surface area contributed by atoms with Gasteiger partial charge in [-0.25, -0.2) is 12.8 Å². The van der Waals surface area contributed by atoms with E-state index in [1.54, 1.807) is 0 Å². The topological polar surface area (TPSA) is 80.5 Å². The van der Waals surface area contributed by atoms with Crippen molar-refractivity contribution in [3.05, 3.63) is 32.5 Å². The van der Waals surface area contributed by atoms with Crippen LogP contribution in [0.1, 0.15) is 25.7 Å². The largest absolute Gasteiger partial charge is 0.272 e. The summed E-state index contributed by atoms with van der Waals surface area (Å²) in [6.07, 6.45) is 3.26. The Morgan fingerprint density at radius 1 is 1.19 bits per heavy atom. The minimum absolute atomic E-state index is 0.231. The molecule has 21 heavy (non-hydrogen) atoms. The van der Waals surface area contributed by atoms with E-state index < -0.39 is 31.3 Å². The Morgan fingerprint density at radius 3 is 2.29 bits per heavy atom. The summed E-state index contributed by atoms with van der Waals surface area (Å²) < 4.78 is 40.2. The van der Waals surface area contributed by atoms with Crippen LogP contribution >= 0.6 is 15.9 Å². The summed E-state index contributed by atoms with van der Waals surface area (Å²) in [5.74, 6) is -0.996. The van der Waals surface area contributed by atoms with E-state index in [-0.39, 0.29) is 4.47 Å². The third-order valence-electron chi connectivity index (χ3n) is 3.37. The fraction of sp³-hybridized carbons (Fsp3) is 0.500. The number of non-ortho nitro benzene ring substituents is 1. The molecule has 0 atom stereocenters. The van der Waals surface area contributed by atoms with Crippen LogP contribution in [0.3, 0.4) is 0 Å². The first-order valence-corrected chi connectivity index (χ1v) is 8.71. The van der Waals surface area contributed by atoms with Gasteiger partial charge in [-0.15, -0.1) is 0 Å². The zero-order chi connectivity index (χ0) is 15.6. The van der Waals surface area contributed by atoms with Crippen molar-refractivity contribution in [3.8, 4) is 0 Å². The molecule has 1 heterocycles. The summed E-state index contributed by atoms with van der Waals surface area (Å²) in [4.78, 5) is 9.44. The smallest absolute Gasteiger partial charge is 0.258 e. The van der Waals surface area contributed by atoms with E-state index in [0.717, 1.165) is 25.0 Å². The van der Waals surface area contributed by atoms with Crippen LogP contribution in [-0.4, -0.2) is 30.7 Å². The van der Waals surface area contributed by atoms with Crippen molar-refractivity contribution in [2.45, 2.75) is 30.6 Å². The molecular weight excluding hydrogens is 367 g/mol. The fourth-order valence-electron chi connectivity index (χ4n) is 2.26. The minimum Gasteiger partial charge on any atom is -0.258 e. The zero-order valence-corrected chi connectivity index (χ0v) is 13.5. The van der Waals surface area contributed by atoms with E-state index in [9.17, 15) is 22.9 Å². The van der Waals surface area contributed by atoms with E-state index in [1.165, 1.54) is 4.31 Å². The Labute approximate surface area is 130 Å². The van der Waals surface area contributed by atoms with Crippen molar-refractivity contribution in [1.29, 1.82) is 0 Å². The SMILES string of the molecule is O=[N+]([O-])c1cc(Br)c(F)c(S(=O)(=O)N2CCCCCC2)c1. The summed E-state index contributed by atoms with van der Waals surface area (Å²) in [6, 6.07) is 1.73. The molecule has 0 aromatic heterocycles. The Balaban J connectivity index is 2.50. The minimum atomic E-state index is -4.07. The van der Waals surface area contributed by atoms with E-state index >= 15 is 0 Å². The van der Waals surface area contributed by atoms with Crippen molar-refractivity contribution in [3.63, 3.8) is 0 Å². The van der Waals surface area contributed by atoms with Gasteiger partial charge in [0.25, 0.3) is 5.69 Å². The van der Waals surface area contributed by atoms with Crippen molar-refractivity contribution in [2.75, 3.05) is 13.1 Å². The average Bonchev–Trinajstić information content (AvgIpc) is 2.70. The van der Waals surface area contributed by atoms with Crippen LogP contribution in [0.25, 0.3) is 0 Å². The predicted molar refractivity (Wildman–Crippen MR) is 78.0 cm³/mol. The van der Waals surface area contributed by atoms with Gasteiger partial charge >= 0.3 is 0 Å². The van der Waals surface area contributed by atoms with Crippen LogP contribution in [0.2, 0.25) is 0 Å². The molecule has 0 radical (unpaired) electrons. The Bertz CT molecular complexity index is 657. The highest BCUT2D eigenvalue weighted by Crippen LogP contribution is 2.31. The molecule has 1 aliphatic heterocycles. The van der Waals surface area contributed by atoms with E-state index in [1.807, 2.05) is 0 Å². The van der Waals surface area contributed by atoms with Crippen LogP contribution in [0.4, 0.5) is 10.1 Å². The first-order chi connectivity index (χ1) is 9.84. The van der Waals surface area contributed by atoms with E-state index in [0.29, 0.717) is 25.9 Å². The second kappa shape index (κ2) is 6.37. The molecule has 1 aliphatic rings. The van der Waals surface area contributed by atoms with Crippen molar-refractivity contribution in [2.24, 2.45) is 0 Å². The van der Waals surface area contributed by atoms with Crippen molar-refractivity contribution < 1.29 is 17.7 Å². The molecule has 0 unspecified atom stereocenters. The first-order valence-electron chi connectivity index (χ1n) is 6.47. The molecule has 2 rings (SSSR count). The molecule has 1 aromatic rings. The van der Waals surface area contributed by atoms with Gasteiger partial charge in [0.2, 0.25) is 10.0 Å². The quantitative estimate of drug-likeness (QED) is 0.595. The molecule has 0 aliphatic carbocycles. The van der Waals surface area contributed by atoms with Crippen molar-refractivity contribution in [1.82, 2.24) is 4.31 Å². The maximum absolute atomic E-state index is 14.1. The lowest BCUT2D eigenvalue weighted by molar-refractivity contribution is -0.385. The van der Waals surface area contributed by atoms with Gasteiger partial charge in [0.1, 0.15) is 4.90 Å². The number of nitro benzene ring substituents is 1. The molecule has 1 aromatic carbocycles. The van der Waals surface area contributed by atoms with E-state index in [4.69, 9.17) is 0 Å². The lowest BCUT2D eigenvalue weighted by Crippen LogP contribution is -2.32. The zero-order valence-electron chi connectivity index (χ0n) is 11.1. The Hall–Kier alpha value is -1.06. The predicted octanol–water partition coefficient (Wildman–Crippen LogP) is 3.06. The molecular formula is C12H14BrFN2O4S. The number of nitro groups is 1. The Kier molecular flexibility index (Phi) is 4.95. The fourth-order valence-corrected chi connectivity index (χ4v) is 4.47. The highest BCUT2D eigenvalue weighted by atomic mass is 79.9. The molecule has 0 bridgehead atoms. The normalized spacial score (nSPS) is 17.4. The summed E-state index contributed by atoms with van der Waals surface area (Å²) >= 11 is 2.83. The van der Waals surface area contributed by atoms with Crippen LogP contribution < -0.4 is 0 Å². The third kappa shape index (κ3) is 3.41. The number of benzene rings is 1. The molecule has 9 heteroatoms. The van der Waals surface area contributed by atoms with Gasteiger partial charge < -0.3 is 0 Å². The van der Waals surface area contributed by atoms with Gasteiger partial charge in [0.05, 0.1) is 9.40 Å². The van der Waals surface area contributed by atoms with Crippen LogP contribution in [0.15, 0.2) is 21.5 Å². The highest BCUT2D eigenvalue weighted by molar-refractivity contribution is 9.10. The third-order valence-corrected chi connectivity index (χ3v) is 5.85. The number of rotatable bonds is 3. The molecule has 6 nitrogen and oxygen atoms in total. The molecule has 0 amide bonds. The highest BCUT2D eigenvalue weighted by Gasteiger charge is 2.31. The van der Waals surface area contributed by atoms with Crippen LogP contribution in [0, 0.1) is 15.9 Å². The van der Waals surface area contributed by atoms with Gasteiger partial charge in [-0.3, -0.25) is 10.1 Å². The number of hydrogen-bond donors (Lipinski definition) is 0. The number of halogens is 2. The number of sulfonamides is 1. The maximum Gasteiger partial charge on any atom is 0.272 e. The average molecular weight is 381 g/mol. The lowest BCUT2D eigenvalue weighted by Gasteiger charge is -2.20. The number of nitrogens with zero attached hydrogens (tertiary/aromatic N) is 2.